The molecule has 0 atom stereocenters. The van der Waals surface area contributed by atoms with Crippen LogP contribution in [0.25, 0.3) is 0 Å². The van der Waals surface area contributed by atoms with E-state index in [0.717, 1.165) is 17.8 Å². The maximum Gasteiger partial charge on any atom is 0.272 e. The van der Waals surface area contributed by atoms with Gasteiger partial charge in [0.1, 0.15) is 5.69 Å². The Kier molecular flexibility index (Phi) is 5.12. The molecule has 5 nitrogen and oxygen atoms in total. The number of Topliss-reactive ketones (excluding diaryl/α,β-unsaturated/α-hetero) is 1. The van der Waals surface area contributed by atoms with Gasteiger partial charge < -0.3 is 15.2 Å². The Hall–Kier alpha value is -2.40. The van der Waals surface area contributed by atoms with Crippen molar-refractivity contribution >= 4 is 17.4 Å². The molecule has 0 aliphatic rings. The molecule has 2 rings (SSSR count). The van der Waals surface area contributed by atoms with Gasteiger partial charge in [-0.3, -0.25) is 9.59 Å². The zero-order valence-corrected chi connectivity index (χ0v) is 13.1. The number of nitrogens with one attached hydrogen (secondary N) is 2. The second-order valence-electron chi connectivity index (χ2n) is 5.17. The lowest BCUT2D eigenvalue weighted by Crippen LogP contribution is -2.18. The van der Waals surface area contributed by atoms with Crippen molar-refractivity contribution in [3.8, 4) is 0 Å². The summed E-state index contributed by atoms with van der Waals surface area (Å²) >= 11 is 0. The lowest BCUT2D eigenvalue weighted by Gasteiger charge is -2.11. The summed E-state index contributed by atoms with van der Waals surface area (Å²) in [6.45, 7) is 5.08. The highest BCUT2D eigenvalue weighted by molar-refractivity contribution is 6.05. The minimum atomic E-state index is -0.223. The van der Waals surface area contributed by atoms with E-state index in [1.165, 1.54) is 6.92 Å². The largest absolute Gasteiger partial charge is 0.346 e. The molecule has 1 heterocycles. The maximum absolute atomic E-state index is 12.4. The number of rotatable bonds is 6. The molecule has 2 N–H and O–H groups in total. The van der Waals surface area contributed by atoms with E-state index >= 15 is 0 Å². The normalized spacial score (nSPS) is 10.5. The second kappa shape index (κ2) is 7.04. The molecule has 1 aromatic carbocycles. The predicted octanol–water partition coefficient (Wildman–Crippen LogP) is 2.59. The van der Waals surface area contributed by atoms with Crippen LogP contribution in [0.15, 0.2) is 36.5 Å². The Morgan fingerprint density at radius 2 is 1.95 bits per heavy atom. The smallest absolute Gasteiger partial charge is 0.272 e. The van der Waals surface area contributed by atoms with E-state index in [0.29, 0.717) is 17.8 Å². The lowest BCUT2D eigenvalue weighted by atomic mass is 10.1. The van der Waals surface area contributed by atoms with E-state index < -0.39 is 0 Å². The average molecular weight is 299 g/mol. The fraction of sp³-hybridized carbons (Fsp3) is 0.294. The third-order valence-electron chi connectivity index (χ3n) is 3.48. The first kappa shape index (κ1) is 16.0. The van der Waals surface area contributed by atoms with Crippen LogP contribution in [0.1, 0.15) is 40.3 Å². The summed E-state index contributed by atoms with van der Waals surface area (Å²) in [5.74, 6) is -0.277. The van der Waals surface area contributed by atoms with Gasteiger partial charge in [0.25, 0.3) is 5.91 Å². The van der Waals surface area contributed by atoms with E-state index in [-0.39, 0.29) is 11.7 Å². The summed E-state index contributed by atoms with van der Waals surface area (Å²) in [5, 5.41) is 6.16. The molecule has 116 valence electrons. The predicted molar refractivity (Wildman–Crippen MR) is 87.2 cm³/mol. The number of carbonyl (C=O) groups excluding carboxylic acids is 2. The Morgan fingerprint density at radius 3 is 2.59 bits per heavy atom. The number of aromatic nitrogens is 1. The Labute approximate surface area is 130 Å². The van der Waals surface area contributed by atoms with Gasteiger partial charge in [-0.1, -0.05) is 25.1 Å². The van der Waals surface area contributed by atoms with E-state index in [4.69, 9.17) is 0 Å². The number of hydrogen-bond acceptors (Lipinski definition) is 3. The molecule has 22 heavy (non-hydrogen) atoms. The van der Waals surface area contributed by atoms with E-state index in [2.05, 4.69) is 10.6 Å². The molecule has 0 saturated heterocycles. The summed E-state index contributed by atoms with van der Waals surface area (Å²) in [6.07, 6.45) is 1.67. The van der Waals surface area contributed by atoms with Gasteiger partial charge in [-0.05, 0) is 31.2 Å². The number of anilines is 1. The van der Waals surface area contributed by atoms with Gasteiger partial charge in [-0.2, -0.15) is 0 Å². The molecule has 0 fully saturated rings. The summed E-state index contributed by atoms with van der Waals surface area (Å²) in [6, 6.07) is 9.30. The number of ketones is 1. The zero-order valence-electron chi connectivity index (χ0n) is 13.1. The van der Waals surface area contributed by atoms with Crippen LogP contribution in [0, 0.1) is 0 Å². The lowest BCUT2D eigenvalue weighted by molar-refractivity contribution is 0.101. The monoisotopic (exact) mass is 299 g/mol. The number of para-hydroxylation sites is 1. The van der Waals surface area contributed by atoms with E-state index in [9.17, 15) is 9.59 Å². The number of benzene rings is 1. The van der Waals surface area contributed by atoms with Crippen molar-refractivity contribution < 1.29 is 9.59 Å². The molecule has 5 heteroatoms. The number of aryl methyl sites for hydroxylation is 1. The first-order valence-corrected chi connectivity index (χ1v) is 7.30. The van der Waals surface area contributed by atoms with E-state index in [1.54, 1.807) is 23.9 Å². The van der Waals surface area contributed by atoms with Crippen LogP contribution >= 0.6 is 0 Å². The highest BCUT2D eigenvalue weighted by Crippen LogP contribution is 2.17. The molecule has 2 aromatic rings. The SMILES string of the molecule is CCNCc1ccccc1NC(=O)c1cc(C(C)=O)cn1C. The van der Waals surface area contributed by atoms with Gasteiger partial charge in [0, 0.05) is 31.0 Å². The van der Waals surface area contributed by atoms with Crippen LogP contribution in [0.3, 0.4) is 0 Å². The van der Waals surface area contributed by atoms with Gasteiger partial charge in [-0.15, -0.1) is 0 Å². The van der Waals surface area contributed by atoms with Crippen LogP contribution in [-0.2, 0) is 13.6 Å². The quantitative estimate of drug-likeness (QED) is 0.806. The van der Waals surface area contributed by atoms with Gasteiger partial charge in [0.2, 0.25) is 0 Å². The zero-order chi connectivity index (χ0) is 16.1. The molecule has 1 amide bonds. The van der Waals surface area contributed by atoms with Crippen LogP contribution in [-0.4, -0.2) is 22.8 Å². The fourth-order valence-corrected chi connectivity index (χ4v) is 2.23. The highest BCUT2D eigenvalue weighted by Gasteiger charge is 2.15. The maximum atomic E-state index is 12.4. The number of carbonyl (C=O) groups is 2. The van der Waals surface area contributed by atoms with Crippen molar-refractivity contribution in [2.24, 2.45) is 7.05 Å². The molecule has 0 saturated carbocycles. The van der Waals surface area contributed by atoms with Crippen LogP contribution in [0.5, 0.6) is 0 Å². The third-order valence-corrected chi connectivity index (χ3v) is 3.48. The van der Waals surface area contributed by atoms with Crippen molar-refractivity contribution in [1.82, 2.24) is 9.88 Å². The topological polar surface area (TPSA) is 63.1 Å². The second-order valence-corrected chi connectivity index (χ2v) is 5.17. The Balaban J connectivity index is 2.20. The Morgan fingerprint density at radius 1 is 1.23 bits per heavy atom. The summed E-state index contributed by atoms with van der Waals surface area (Å²) < 4.78 is 1.67. The Bertz CT molecular complexity index is 689. The number of hydrogen-bond donors (Lipinski definition) is 2. The van der Waals surface area contributed by atoms with Crippen molar-refractivity contribution in [3.05, 3.63) is 53.3 Å². The van der Waals surface area contributed by atoms with Gasteiger partial charge >= 0.3 is 0 Å². The number of nitrogens with zero attached hydrogens (tertiary/aromatic N) is 1. The van der Waals surface area contributed by atoms with Crippen molar-refractivity contribution in [3.63, 3.8) is 0 Å². The van der Waals surface area contributed by atoms with Gasteiger partial charge in [0.05, 0.1) is 0 Å². The third kappa shape index (κ3) is 3.62. The summed E-state index contributed by atoms with van der Waals surface area (Å²) in [7, 11) is 1.76. The van der Waals surface area contributed by atoms with Gasteiger partial charge in [0.15, 0.2) is 5.78 Å². The van der Waals surface area contributed by atoms with Crippen molar-refractivity contribution in [1.29, 1.82) is 0 Å². The van der Waals surface area contributed by atoms with Crippen molar-refractivity contribution in [2.75, 3.05) is 11.9 Å². The van der Waals surface area contributed by atoms with Gasteiger partial charge in [-0.25, -0.2) is 0 Å². The minimum Gasteiger partial charge on any atom is -0.346 e. The van der Waals surface area contributed by atoms with Crippen LogP contribution in [0.2, 0.25) is 0 Å². The molecule has 0 bridgehead atoms. The molecular weight excluding hydrogens is 278 g/mol. The molecular formula is C17H21N3O2. The minimum absolute atomic E-state index is 0.0535. The summed E-state index contributed by atoms with van der Waals surface area (Å²) in [5.41, 5.74) is 2.80. The molecule has 0 spiro atoms. The fourth-order valence-electron chi connectivity index (χ4n) is 2.23. The summed E-state index contributed by atoms with van der Waals surface area (Å²) in [4.78, 5) is 23.8. The van der Waals surface area contributed by atoms with Crippen LogP contribution < -0.4 is 10.6 Å². The van der Waals surface area contributed by atoms with Crippen molar-refractivity contribution in [2.45, 2.75) is 20.4 Å². The van der Waals surface area contributed by atoms with E-state index in [1.807, 2.05) is 31.2 Å². The molecule has 0 aliphatic heterocycles. The first-order valence-electron chi connectivity index (χ1n) is 7.30. The van der Waals surface area contributed by atoms with Crippen LogP contribution in [0.4, 0.5) is 5.69 Å². The average Bonchev–Trinajstić information content (AvgIpc) is 2.88. The highest BCUT2D eigenvalue weighted by atomic mass is 16.2. The molecule has 0 radical (unpaired) electrons. The number of amides is 1. The molecule has 0 unspecified atom stereocenters. The molecule has 0 aliphatic carbocycles. The first-order chi connectivity index (χ1) is 10.5. The standard InChI is InChI=1S/C17H21N3O2/c1-4-18-10-13-7-5-6-8-15(13)19-17(22)16-9-14(12(2)21)11-20(16)3/h5-9,11,18H,4,10H2,1-3H3,(H,19,22). The molecule has 1 aromatic heterocycles.